The second-order valence-electron chi connectivity index (χ2n) is 3.82. The van der Waals surface area contributed by atoms with Crippen molar-refractivity contribution >= 4 is 17.7 Å². The monoisotopic (exact) mass is 241 g/mol. The molecule has 2 nitrogen and oxygen atoms in total. The fourth-order valence-electron chi connectivity index (χ4n) is 1.33. The van der Waals surface area contributed by atoms with Gasteiger partial charge in [-0.3, -0.25) is 4.79 Å². The third kappa shape index (κ3) is 2.76. The lowest BCUT2D eigenvalue weighted by Crippen LogP contribution is -2.22. The molecule has 0 heterocycles. The predicted molar refractivity (Wildman–Crippen MR) is 66.3 cm³/mol. The van der Waals surface area contributed by atoms with Crippen molar-refractivity contribution in [2.75, 3.05) is 20.4 Å². The smallest absolute Gasteiger partial charge is 0.256 e. The first-order chi connectivity index (χ1) is 7.47. The fourth-order valence-corrected chi connectivity index (χ4v) is 1.75. The molecule has 0 aromatic heterocycles. The number of nitrogens with zero attached hydrogens (tertiary/aromatic N) is 1. The summed E-state index contributed by atoms with van der Waals surface area (Å²) >= 11 is 1.65. The van der Waals surface area contributed by atoms with Gasteiger partial charge in [0.2, 0.25) is 0 Å². The van der Waals surface area contributed by atoms with Crippen molar-refractivity contribution in [3.8, 4) is 0 Å². The molecule has 1 aromatic carbocycles. The van der Waals surface area contributed by atoms with Crippen molar-refractivity contribution in [3.63, 3.8) is 0 Å². The van der Waals surface area contributed by atoms with Crippen LogP contribution in [0.25, 0.3) is 0 Å². The molecule has 0 aliphatic rings. The average Bonchev–Trinajstić information content (AvgIpc) is 2.26. The molecule has 0 fully saturated rings. The van der Waals surface area contributed by atoms with Crippen molar-refractivity contribution in [1.29, 1.82) is 0 Å². The zero-order chi connectivity index (χ0) is 12.3. The number of benzene rings is 1. The number of hydrogen-bond donors (Lipinski definition) is 0. The highest BCUT2D eigenvalue weighted by molar-refractivity contribution is 7.98. The molecule has 0 aliphatic heterocycles. The third-order valence-corrected chi connectivity index (χ3v) is 3.43. The summed E-state index contributed by atoms with van der Waals surface area (Å²) in [6, 6.07) is 4.80. The minimum absolute atomic E-state index is 0.127. The maximum Gasteiger partial charge on any atom is 0.256 e. The summed E-state index contributed by atoms with van der Waals surface area (Å²) in [5.74, 6) is -0.752. The average molecular weight is 241 g/mol. The fraction of sp³-hybridized carbons (Fsp3) is 0.417. The maximum atomic E-state index is 13.7. The summed E-state index contributed by atoms with van der Waals surface area (Å²) in [5.41, 5.74) is 1.03. The van der Waals surface area contributed by atoms with Crippen molar-refractivity contribution in [1.82, 2.24) is 4.90 Å². The number of carbonyl (C=O) groups excluding carboxylic acids is 1. The summed E-state index contributed by atoms with van der Waals surface area (Å²) in [4.78, 5) is 13.0. The van der Waals surface area contributed by atoms with E-state index in [1.807, 2.05) is 13.2 Å². The van der Waals surface area contributed by atoms with E-state index in [0.29, 0.717) is 0 Å². The number of amides is 1. The van der Waals surface area contributed by atoms with Crippen LogP contribution in [0.1, 0.15) is 28.1 Å². The Labute approximate surface area is 99.8 Å². The summed E-state index contributed by atoms with van der Waals surface area (Å²) in [6.45, 7) is 2.01. The minimum atomic E-state index is -0.447. The molecule has 88 valence electrons. The van der Waals surface area contributed by atoms with Gasteiger partial charge in [0.25, 0.3) is 5.91 Å². The largest absolute Gasteiger partial charge is 0.345 e. The zero-order valence-electron chi connectivity index (χ0n) is 9.95. The van der Waals surface area contributed by atoms with Crippen LogP contribution in [0.2, 0.25) is 0 Å². The molecule has 0 bridgehead atoms. The van der Waals surface area contributed by atoms with Crippen LogP contribution in [0.15, 0.2) is 18.2 Å². The van der Waals surface area contributed by atoms with Crippen molar-refractivity contribution in [2.45, 2.75) is 12.2 Å². The maximum absolute atomic E-state index is 13.7. The molecule has 0 saturated carbocycles. The van der Waals surface area contributed by atoms with Crippen LogP contribution in [0.4, 0.5) is 4.39 Å². The lowest BCUT2D eigenvalue weighted by Gasteiger charge is -2.13. The molecular formula is C12H16FNOS. The Kier molecular flexibility index (Phi) is 4.35. The van der Waals surface area contributed by atoms with Gasteiger partial charge >= 0.3 is 0 Å². The van der Waals surface area contributed by atoms with Crippen LogP contribution in [0.3, 0.4) is 0 Å². The van der Waals surface area contributed by atoms with E-state index in [1.165, 1.54) is 11.0 Å². The first-order valence-corrected chi connectivity index (χ1v) is 6.30. The number of thioether (sulfide) groups is 1. The molecule has 1 rings (SSSR count). The first kappa shape index (κ1) is 13.0. The minimum Gasteiger partial charge on any atom is -0.345 e. The molecule has 1 unspecified atom stereocenters. The Bertz CT molecular complexity index is 393. The summed E-state index contributed by atoms with van der Waals surface area (Å²) in [6.07, 6.45) is 1.97. The normalized spacial score (nSPS) is 12.3. The third-order valence-electron chi connectivity index (χ3n) is 2.45. The topological polar surface area (TPSA) is 20.3 Å². The van der Waals surface area contributed by atoms with E-state index >= 15 is 0 Å². The SMILES string of the molecule is CSC(C)c1ccc(C(=O)N(C)C)c(F)c1. The van der Waals surface area contributed by atoms with E-state index in [9.17, 15) is 9.18 Å². The molecule has 16 heavy (non-hydrogen) atoms. The molecule has 0 spiro atoms. The molecular weight excluding hydrogens is 225 g/mol. The van der Waals surface area contributed by atoms with Crippen LogP contribution in [-0.2, 0) is 0 Å². The molecule has 0 radical (unpaired) electrons. The van der Waals surface area contributed by atoms with Gasteiger partial charge in [0.15, 0.2) is 0 Å². The Morgan fingerprint density at radius 1 is 1.44 bits per heavy atom. The zero-order valence-corrected chi connectivity index (χ0v) is 10.8. The quantitative estimate of drug-likeness (QED) is 0.811. The molecule has 1 atom stereocenters. The van der Waals surface area contributed by atoms with Crippen LogP contribution < -0.4 is 0 Å². The van der Waals surface area contributed by atoms with E-state index in [0.717, 1.165) is 5.56 Å². The summed E-state index contributed by atoms with van der Waals surface area (Å²) in [7, 11) is 3.22. The Morgan fingerprint density at radius 3 is 2.50 bits per heavy atom. The molecule has 0 saturated heterocycles. The van der Waals surface area contributed by atoms with Gasteiger partial charge in [-0.15, -0.1) is 0 Å². The van der Waals surface area contributed by atoms with Gasteiger partial charge in [0.1, 0.15) is 5.82 Å². The van der Waals surface area contributed by atoms with Gasteiger partial charge in [0.05, 0.1) is 5.56 Å². The lowest BCUT2D eigenvalue weighted by molar-refractivity contribution is 0.0823. The second-order valence-corrected chi connectivity index (χ2v) is 5.00. The Balaban J connectivity index is 3.05. The van der Waals surface area contributed by atoms with E-state index in [2.05, 4.69) is 0 Å². The highest BCUT2D eigenvalue weighted by Crippen LogP contribution is 2.27. The van der Waals surface area contributed by atoms with E-state index < -0.39 is 5.82 Å². The van der Waals surface area contributed by atoms with Crippen LogP contribution in [0.5, 0.6) is 0 Å². The summed E-state index contributed by atoms with van der Waals surface area (Å²) in [5, 5.41) is 0.234. The van der Waals surface area contributed by atoms with Crippen molar-refractivity contribution in [2.24, 2.45) is 0 Å². The predicted octanol–water partition coefficient (Wildman–Crippen LogP) is 2.95. The summed E-state index contributed by atoms with van der Waals surface area (Å²) < 4.78 is 13.7. The molecule has 1 aromatic rings. The van der Waals surface area contributed by atoms with Gasteiger partial charge in [-0.1, -0.05) is 6.07 Å². The lowest BCUT2D eigenvalue weighted by atomic mass is 10.1. The molecule has 4 heteroatoms. The number of carbonyl (C=O) groups is 1. The standard InChI is InChI=1S/C12H16FNOS/c1-8(16-4)9-5-6-10(11(13)7-9)12(15)14(2)3/h5-8H,1-4H3. The first-order valence-electron chi connectivity index (χ1n) is 5.01. The van der Waals surface area contributed by atoms with Gasteiger partial charge < -0.3 is 4.90 Å². The van der Waals surface area contributed by atoms with Gasteiger partial charge in [0, 0.05) is 19.3 Å². The second kappa shape index (κ2) is 5.34. The van der Waals surface area contributed by atoms with Gasteiger partial charge in [-0.2, -0.15) is 11.8 Å². The van der Waals surface area contributed by atoms with Gasteiger partial charge in [-0.05, 0) is 30.9 Å². The van der Waals surface area contributed by atoms with Gasteiger partial charge in [-0.25, -0.2) is 4.39 Å². The molecule has 0 aliphatic carbocycles. The van der Waals surface area contributed by atoms with Crippen LogP contribution in [-0.4, -0.2) is 31.2 Å². The molecule has 1 amide bonds. The Hall–Kier alpha value is -1.03. The highest BCUT2D eigenvalue weighted by Gasteiger charge is 2.15. The van der Waals surface area contributed by atoms with E-state index in [4.69, 9.17) is 0 Å². The molecule has 0 N–H and O–H groups in total. The number of halogens is 1. The van der Waals surface area contributed by atoms with E-state index in [1.54, 1.807) is 38.0 Å². The number of rotatable bonds is 3. The van der Waals surface area contributed by atoms with E-state index in [-0.39, 0.29) is 16.7 Å². The number of hydrogen-bond acceptors (Lipinski definition) is 2. The van der Waals surface area contributed by atoms with Crippen molar-refractivity contribution < 1.29 is 9.18 Å². The highest BCUT2D eigenvalue weighted by atomic mass is 32.2. The van der Waals surface area contributed by atoms with Crippen LogP contribution in [0, 0.1) is 5.82 Å². The van der Waals surface area contributed by atoms with Crippen molar-refractivity contribution in [3.05, 3.63) is 35.1 Å². The Morgan fingerprint density at radius 2 is 2.06 bits per heavy atom. The van der Waals surface area contributed by atoms with Crippen LogP contribution >= 0.6 is 11.8 Å².